The van der Waals surface area contributed by atoms with Crippen LogP contribution in [0.15, 0.2) is 59.4 Å². The second-order valence-corrected chi connectivity index (χ2v) is 6.25. The predicted octanol–water partition coefficient (Wildman–Crippen LogP) is 3.84. The van der Waals surface area contributed by atoms with Crippen LogP contribution < -0.4 is 10.1 Å². The number of benzene rings is 2. The summed E-state index contributed by atoms with van der Waals surface area (Å²) in [7, 11) is 0. The van der Waals surface area contributed by atoms with Crippen molar-refractivity contribution in [3.8, 4) is 0 Å². The van der Waals surface area contributed by atoms with Crippen molar-refractivity contribution in [2.75, 3.05) is 0 Å². The van der Waals surface area contributed by atoms with Gasteiger partial charge in [0.1, 0.15) is 0 Å². The Morgan fingerprint density at radius 3 is 2.73 bits per heavy atom. The van der Waals surface area contributed by atoms with Crippen LogP contribution in [0.5, 0.6) is 0 Å². The Hall–Kier alpha value is -2.17. The van der Waals surface area contributed by atoms with Crippen LogP contribution in [-0.2, 0) is 6.54 Å². The Balaban J connectivity index is 1.82. The van der Waals surface area contributed by atoms with Gasteiger partial charge in [0.15, 0.2) is 0 Å². The van der Waals surface area contributed by atoms with E-state index in [1.165, 1.54) is 0 Å². The maximum absolute atomic E-state index is 12.2. The zero-order valence-electron chi connectivity index (χ0n) is 11.5. The molecule has 2 aromatic carbocycles. The molecule has 0 atom stereocenters. The Morgan fingerprint density at radius 2 is 1.91 bits per heavy atom. The fourth-order valence-electron chi connectivity index (χ4n) is 2.16. The molecule has 3 aromatic rings. The van der Waals surface area contributed by atoms with Crippen molar-refractivity contribution in [2.45, 2.75) is 6.54 Å². The zero-order chi connectivity index (χ0) is 15.5. The van der Waals surface area contributed by atoms with Crippen LogP contribution in [-0.4, -0.2) is 5.91 Å². The van der Waals surface area contributed by atoms with E-state index in [0.29, 0.717) is 21.8 Å². The lowest BCUT2D eigenvalue weighted by Gasteiger charge is -2.06. The Labute approximate surface area is 136 Å². The second kappa shape index (κ2) is 6.30. The number of fused-ring (bicyclic) bond motifs is 1. The molecule has 0 spiro atoms. The van der Waals surface area contributed by atoms with Crippen LogP contribution in [0.2, 0.25) is 5.02 Å². The maximum Gasteiger partial charge on any atom is 0.261 e. The Bertz CT molecular complexity index is 904. The van der Waals surface area contributed by atoms with Gasteiger partial charge in [0, 0.05) is 17.0 Å². The molecule has 0 aliphatic heterocycles. The first-order chi connectivity index (χ1) is 10.6. The molecule has 0 fully saturated rings. The standard InChI is InChI=1S/C17H12ClNO2S/c18-13-6-3-4-11(8-13)10-19-16(20)15-9-12-5-1-2-7-14(12)17(21)22-15/h1-9H,10H2,(H,19,20). The SMILES string of the molecule is O=C(NCc1cccc(Cl)c1)c1cc2ccccc2c(=O)s1. The molecule has 110 valence electrons. The topological polar surface area (TPSA) is 46.2 Å². The summed E-state index contributed by atoms with van der Waals surface area (Å²) >= 11 is 6.87. The van der Waals surface area contributed by atoms with Crippen LogP contribution in [0, 0.1) is 0 Å². The lowest BCUT2D eigenvalue weighted by molar-refractivity contribution is 0.0955. The molecule has 0 saturated heterocycles. The Kier molecular flexibility index (Phi) is 4.22. The van der Waals surface area contributed by atoms with Crippen LogP contribution in [0.1, 0.15) is 15.2 Å². The van der Waals surface area contributed by atoms with Crippen molar-refractivity contribution in [3.63, 3.8) is 0 Å². The third-order valence-corrected chi connectivity index (χ3v) is 4.40. The number of carbonyl (C=O) groups excluding carboxylic acids is 1. The van der Waals surface area contributed by atoms with Gasteiger partial charge in [0.05, 0.1) is 4.88 Å². The molecule has 0 saturated carbocycles. The van der Waals surface area contributed by atoms with Crippen molar-refractivity contribution in [2.24, 2.45) is 0 Å². The van der Waals surface area contributed by atoms with Gasteiger partial charge in [-0.05, 0) is 35.2 Å². The van der Waals surface area contributed by atoms with Gasteiger partial charge in [-0.25, -0.2) is 0 Å². The van der Waals surface area contributed by atoms with E-state index in [-0.39, 0.29) is 10.6 Å². The van der Waals surface area contributed by atoms with Crippen molar-refractivity contribution >= 4 is 39.6 Å². The van der Waals surface area contributed by atoms with Gasteiger partial charge in [-0.2, -0.15) is 0 Å². The van der Waals surface area contributed by atoms with E-state index in [2.05, 4.69) is 5.32 Å². The summed E-state index contributed by atoms with van der Waals surface area (Å²) in [6.07, 6.45) is 0. The molecule has 1 N–H and O–H groups in total. The number of rotatable bonds is 3. The third-order valence-electron chi connectivity index (χ3n) is 3.24. The highest BCUT2D eigenvalue weighted by Gasteiger charge is 2.10. The minimum Gasteiger partial charge on any atom is -0.347 e. The maximum atomic E-state index is 12.2. The summed E-state index contributed by atoms with van der Waals surface area (Å²) in [6.45, 7) is 0.368. The molecule has 1 aromatic heterocycles. The molecule has 1 heterocycles. The normalized spacial score (nSPS) is 10.6. The molecule has 0 unspecified atom stereocenters. The average molecular weight is 330 g/mol. The molecule has 1 amide bonds. The fraction of sp³-hybridized carbons (Fsp3) is 0.0588. The monoisotopic (exact) mass is 329 g/mol. The molecule has 0 aliphatic carbocycles. The van der Waals surface area contributed by atoms with Gasteiger partial charge in [0.2, 0.25) is 4.74 Å². The van der Waals surface area contributed by atoms with E-state index in [1.54, 1.807) is 24.3 Å². The molecular weight excluding hydrogens is 318 g/mol. The lowest BCUT2D eigenvalue weighted by Crippen LogP contribution is -2.22. The molecule has 3 rings (SSSR count). The van der Waals surface area contributed by atoms with Gasteiger partial charge in [-0.3, -0.25) is 9.59 Å². The molecule has 0 aliphatic rings. The molecule has 22 heavy (non-hydrogen) atoms. The van der Waals surface area contributed by atoms with E-state index in [4.69, 9.17) is 11.6 Å². The van der Waals surface area contributed by atoms with Crippen molar-refractivity contribution in [1.29, 1.82) is 0 Å². The average Bonchev–Trinajstić information content (AvgIpc) is 2.52. The quantitative estimate of drug-likeness (QED) is 0.793. The fourth-order valence-corrected chi connectivity index (χ4v) is 3.22. The second-order valence-electron chi connectivity index (χ2n) is 4.80. The summed E-state index contributed by atoms with van der Waals surface area (Å²) in [6, 6.07) is 16.3. The minimum absolute atomic E-state index is 0.106. The van der Waals surface area contributed by atoms with Crippen molar-refractivity contribution in [1.82, 2.24) is 5.32 Å². The van der Waals surface area contributed by atoms with Crippen molar-refractivity contribution in [3.05, 3.63) is 79.6 Å². The van der Waals surface area contributed by atoms with Crippen LogP contribution in [0.4, 0.5) is 0 Å². The third kappa shape index (κ3) is 3.18. The number of hydrogen-bond acceptors (Lipinski definition) is 3. The van der Waals surface area contributed by atoms with E-state index in [9.17, 15) is 9.59 Å². The summed E-state index contributed by atoms with van der Waals surface area (Å²) in [5.74, 6) is -0.257. The van der Waals surface area contributed by atoms with Gasteiger partial charge in [0.25, 0.3) is 5.91 Å². The zero-order valence-corrected chi connectivity index (χ0v) is 13.1. The van der Waals surface area contributed by atoms with Gasteiger partial charge >= 0.3 is 0 Å². The predicted molar refractivity (Wildman–Crippen MR) is 90.7 cm³/mol. The number of hydrogen-bond donors (Lipinski definition) is 1. The minimum atomic E-state index is -0.257. The highest BCUT2D eigenvalue weighted by atomic mass is 35.5. The lowest BCUT2D eigenvalue weighted by atomic mass is 10.2. The van der Waals surface area contributed by atoms with Crippen LogP contribution in [0.25, 0.3) is 10.8 Å². The number of carbonyl (C=O) groups is 1. The van der Waals surface area contributed by atoms with Crippen LogP contribution >= 0.6 is 22.9 Å². The van der Waals surface area contributed by atoms with E-state index >= 15 is 0 Å². The number of amides is 1. The molecule has 0 bridgehead atoms. The smallest absolute Gasteiger partial charge is 0.261 e. The number of nitrogens with one attached hydrogen (secondary N) is 1. The highest BCUT2D eigenvalue weighted by Crippen LogP contribution is 2.15. The number of halogens is 1. The van der Waals surface area contributed by atoms with E-state index in [0.717, 1.165) is 22.3 Å². The summed E-state index contributed by atoms with van der Waals surface area (Å²) < 4.78 is -0.106. The van der Waals surface area contributed by atoms with E-state index < -0.39 is 0 Å². The summed E-state index contributed by atoms with van der Waals surface area (Å²) in [5.41, 5.74) is 0.911. The first-order valence-corrected chi connectivity index (χ1v) is 7.88. The van der Waals surface area contributed by atoms with Crippen molar-refractivity contribution < 1.29 is 4.79 Å². The van der Waals surface area contributed by atoms with Gasteiger partial charge in [-0.15, -0.1) is 0 Å². The van der Waals surface area contributed by atoms with Gasteiger partial charge in [-0.1, -0.05) is 53.3 Å². The molecule has 5 heteroatoms. The Morgan fingerprint density at radius 1 is 1.09 bits per heavy atom. The molecule has 0 radical (unpaired) electrons. The highest BCUT2D eigenvalue weighted by molar-refractivity contribution is 7.12. The first-order valence-electron chi connectivity index (χ1n) is 6.69. The van der Waals surface area contributed by atoms with E-state index in [1.807, 2.05) is 30.3 Å². The summed E-state index contributed by atoms with van der Waals surface area (Å²) in [4.78, 5) is 24.7. The first kappa shape index (κ1) is 14.8. The molecular formula is C17H12ClNO2S. The van der Waals surface area contributed by atoms with Crippen LogP contribution in [0.3, 0.4) is 0 Å². The summed E-state index contributed by atoms with van der Waals surface area (Å²) in [5, 5.41) is 4.85. The van der Waals surface area contributed by atoms with Gasteiger partial charge < -0.3 is 5.32 Å². The largest absolute Gasteiger partial charge is 0.347 e. The molecule has 3 nitrogen and oxygen atoms in total.